The Hall–Kier alpha value is -2.49. The Morgan fingerprint density at radius 2 is 1.41 bits per heavy atom. The number of hydrogen-bond acceptors (Lipinski definition) is 4. The molecule has 0 saturated heterocycles. The van der Waals surface area contributed by atoms with Crippen molar-refractivity contribution in [2.24, 2.45) is 0 Å². The predicted molar refractivity (Wildman–Crippen MR) is 167 cm³/mol. The minimum absolute atomic E-state index is 0.00983. The number of hydrogen-bond donors (Lipinski definition) is 1. The maximum absolute atomic E-state index is 14.1. The lowest BCUT2D eigenvalue weighted by atomic mass is 10.1. The molecule has 0 bridgehead atoms. The highest BCUT2D eigenvalue weighted by Crippen LogP contribution is 2.36. The Labute approximate surface area is 261 Å². The summed E-state index contributed by atoms with van der Waals surface area (Å²) in [5, 5.41) is 3.51. The summed E-state index contributed by atoms with van der Waals surface area (Å²) in [5.41, 5.74) is 0.690. The van der Waals surface area contributed by atoms with Gasteiger partial charge in [0.25, 0.3) is 10.0 Å². The molecule has 0 aliphatic heterocycles. The lowest BCUT2D eigenvalue weighted by molar-refractivity contribution is -0.140. The fourth-order valence-electron chi connectivity index (χ4n) is 3.95. The fraction of sp³-hybridized carbons (Fsp3) is 0.310. The summed E-state index contributed by atoms with van der Waals surface area (Å²) >= 11 is 25.5. The monoisotopic (exact) mass is 657 g/mol. The van der Waals surface area contributed by atoms with Gasteiger partial charge in [0, 0.05) is 27.7 Å². The highest BCUT2D eigenvalue weighted by molar-refractivity contribution is 7.92. The number of benzene rings is 3. The van der Waals surface area contributed by atoms with Crippen molar-refractivity contribution >= 4 is 73.9 Å². The molecule has 0 unspecified atom stereocenters. The van der Waals surface area contributed by atoms with Crippen LogP contribution >= 0.6 is 46.4 Å². The van der Waals surface area contributed by atoms with Crippen LogP contribution in [0.5, 0.6) is 0 Å². The summed E-state index contributed by atoms with van der Waals surface area (Å²) in [5.74, 6) is -1.13. The van der Waals surface area contributed by atoms with Crippen LogP contribution in [0.2, 0.25) is 20.1 Å². The Morgan fingerprint density at radius 3 is 1.98 bits per heavy atom. The number of sulfonamides is 1. The SMILES string of the molecule is Cc1ccc(S(=O)(=O)N(CC(=O)N(Cc2c(Cl)cccc2Cl)[C@H](C)C(=O)NC(C)(C)C)c2cccc(Cl)c2Cl)cc1. The molecule has 12 heteroatoms. The van der Waals surface area contributed by atoms with Crippen LogP contribution in [0.1, 0.15) is 38.8 Å². The molecule has 0 radical (unpaired) electrons. The van der Waals surface area contributed by atoms with Gasteiger partial charge in [0.05, 0.1) is 20.6 Å². The quantitative estimate of drug-likeness (QED) is 0.265. The Bertz CT molecular complexity index is 1520. The molecule has 3 aromatic carbocycles. The van der Waals surface area contributed by atoms with Crippen LogP contribution in [-0.4, -0.2) is 43.3 Å². The van der Waals surface area contributed by atoms with Crippen molar-refractivity contribution in [2.45, 2.75) is 57.6 Å². The first-order valence-corrected chi connectivity index (χ1v) is 15.6. The van der Waals surface area contributed by atoms with E-state index in [0.717, 1.165) is 9.87 Å². The number of anilines is 1. The van der Waals surface area contributed by atoms with E-state index >= 15 is 0 Å². The zero-order valence-corrected chi connectivity index (χ0v) is 27.1. The number of aryl methyl sites for hydroxylation is 1. The van der Waals surface area contributed by atoms with Gasteiger partial charge in [-0.1, -0.05) is 76.2 Å². The van der Waals surface area contributed by atoms with Gasteiger partial charge in [-0.05, 0) is 71.0 Å². The van der Waals surface area contributed by atoms with Crippen molar-refractivity contribution in [2.75, 3.05) is 10.8 Å². The molecule has 1 N–H and O–H groups in total. The average Bonchev–Trinajstić information content (AvgIpc) is 2.87. The van der Waals surface area contributed by atoms with E-state index in [9.17, 15) is 18.0 Å². The molecular weight excluding hydrogens is 628 g/mol. The van der Waals surface area contributed by atoms with Crippen molar-refractivity contribution in [1.29, 1.82) is 0 Å². The van der Waals surface area contributed by atoms with Crippen LogP contribution in [0.15, 0.2) is 65.6 Å². The minimum Gasteiger partial charge on any atom is -0.350 e. The molecule has 0 spiro atoms. The minimum atomic E-state index is -4.31. The Morgan fingerprint density at radius 1 is 0.878 bits per heavy atom. The molecule has 41 heavy (non-hydrogen) atoms. The second kappa shape index (κ2) is 13.2. The van der Waals surface area contributed by atoms with Gasteiger partial charge in [-0.3, -0.25) is 13.9 Å². The van der Waals surface area contributed by atoms with Crippen molar-refractivity contribution < 1.29 is 18.0 Å². The van der Waals surface area contributed by atoms with Gasteiger partial charge in [0.1, 0.15) is 12.6 Å². The molecule has 3 aromatic rings. The van der Waals surface area contributed by atoms with Crippen molar-refractivity contribution in [1.82, 2.24) is 10.2 Å². The highest BCUT2D eigenvalue weighted by atomic mass is 35.5. The van der Waals surface area contributed by atoms with Gasteiger partial charge in [0.2, 0.25) is 11.8 Å². The molecule has 3 rings (SSSR count). The van der Waals surface area contributed by atoms with E-state index in [1.165, 1.54) is 35.2 Å². The molecule has 0 saturated carbocycles. The molecule has 0 aromatic heterocycles. The zero-order chi connectivity index (χ0) is 30.7. The first-order chi connectivity index (χ1) is 19.0. The fourth-order valence-corrected chi connectivity index (χ4v) is 6.34. The lowest BCUT2D eigenvalue weighted by Crippen LogP contribution is -2.54. The lowest BCUT2D eigenvalue weighted by Gasteiger charge is -2.34. The van der Waals surface area contributed by atoms with E-state index in [1.54, 1.807) is 37.3 Å². The van der Waals surface area contributed by atoms with E-state index in [-0.39, 0.29) is 27.2 Å². The summed E-state index contributed by atoms with van der Waals surface area (Å²) < 4.78 is 28.8. The summed E-state index contributed by atoms with van der Waals surface area (Å²) in [6.45, 7) is 7.97. The molecule has 0 aliphatic carbocycles. The normalized spacial score (nSPS) is 12.5. The molecule has 2 amide bonds. The second-order valence-electron chi connectivity index (χ2n) is 10.5. The number of amides is 2. The van der Waals surface area contributed by atoms with Crippen LogP contribution in [0.3, 0.4) is 0 Å². The number of carbonyl (C=O) groups excluding carboxylic acids is 2. The molecule has 220 valence electrons. The first kappa shape index (κ1) is 33.0. The number of carbonyl (C=O) groups is 2. The highest BCUT2D eigenvalue weighted by Gasteiger charge is 2.35. The van der Waals surface area contributed by atoms with Crippen molar-refractivity contribution in [3.63, 3.8) is 0 Å². The van der Waals surface area contributed by atoms with E-state index < -0.39 is 40.0 Å². The predicted octanol–water partition coefficient (Wildman–Crippen LogP) is 7.14. The molecular formula is C29H31Cl4N3O4S. The van der Waals surface area contributed by atoms with Gasteiger partial charge < -0.3 is 10.2 Å². The maximum atomic E-state index is 14.1. The van der Waals surface area contributed by atoms with Crippen LogP contribution in [0.25, 0.3) is 0 Å². The smallest absolute Gasteiger partial charge is 0.264 e. The number of nitrogens with one attached hydrogen (secondary N) is 1. The third-order valence-electron chi connectivity index (χ3n) is 6.14. The molecule has 1 atom stereocenters. The van der Waals surface area contributed by atoms with E-state index in [1.807, 2.05) is 27.7 Å². The third-order valence-corrected chi connectivity index (χ3v) is 9.43. The van der Waals surface area contributed by atoms with Gasteiger partial charge in [-0.2, -0.15) is 0 Å². The average molecular weight is 659 g/mol. The van der Waals surface area contributed by atoms with Gasteiger partial charge in [-0.15, -0.1) is 0 Å². The molecule has 0 aliphatic rings. The largest absolute Gasteiger partial charge is 0.350 e. The van der Waals surface area contributed by atoms with Crippen molar-refractivity contribution in [3.05, 3.63) is 91.9 Å². The molecule has 0 heterocycles. The third kappa shape index (κ3) is 8.08. The Kier molecular flexibility index (Phi) is 10.6. The summed E-state index contributed by atoms with van der Waals surface area (Å²) in [6.07, 6.45) is 0. The second-order valence-corrected chi connectivity index (χ2v) is 14.0. The molecule has 7 nitrogen and oxygen atoms in total. The van der Waals surface area contributed by atoms with Crippen LogP contribution in [0, 0.1) is 6.92 Å². The van der Waals surface area contributed by atoms with Gasteiger partial charge >= 0.3 is 0 Å². The first-order valence-electron chi connectivity index (χ1n) is 12.6. The van der Waals surface area contributed by atoms with E-state index in [2.05, 4.69) is 5.32 Å². The van der Waals surface area contributed by atoms with Crippen molar-refractivity contribution in [3.8, 4) is 0 Å². The standard InChI is InChI=1S/C29H31Cl4N3O4S/c1-18-12-14-20(15-13-18)41(39,40)36(25-11-7-10-24(32)27(25)33)17-26(37)35(19(2)28(38)34-29(3,4)5)16-21-22(30)8-6-9-23(21)31/h6-15,19H,16-17H2,1-5H3,(H,34,38)/t19-/m1/s1. The number of halogens is 4. The molecule has 0 fully saturated rings. The van der Waals surface area contributed by atoms with Crippen LogP contribution in [-0.2, 0) is 26.2 Å². The van der Waals surface area contributed by atoms with E-state index in [0.29, 0.717) is 15.6 Å². The maximum Gasteiger partial charge on any atom is 0.264 e. The van der Waals surface area contributed by atoms with E-state index in [4.69, 9.17) is 46.4 Å². The van der Waals surface area contributed by atoms with Gasteiger partial charge in [-0.25, -0.2) is 8.42 Å². The summed E-state index contributed by atoms with van der Waals surface area (Å²) in [4.78, 5) is 28.5. The van der Waals surface area contributed by atoms with Crippen LogP contribution in [0.4, 0.5) is 5.69 Å². The summed E-state index contributed by atoms with van der Waals surface area (Å²) in [7, 11) is -4.31. The number of rotatable bonds is 9. The summed E-state index contributed by atoms with van der Waals surface area (Å²) in [6, 6.07) is 14.6. The van der Waals surface area contributed by atoms with Gasteiger partial charge in [0.15, 0.2) is 0 Å². The topological polar surface area (TPSA) is 86.8 Å². The Balaban J connectivity index is 2.12. The number of nitrogens with zero attached hydrogens (tertiary/aromatic N) is 2. The zero-order valence-electron chi connectivity index (χ0n) is 23.2. The van der Waals surface area contributed by atoms with Crippen LogP contribution < -0.4 is 9.62 Å².